The average Bonchev–Trinajstić information content (AvgIpc) is 3.22. The van der Waals surface area contributed by atoms with Crippen molar-refractivity contribution in [1.82, 2.24) is 0 Å². The second kappa shape index (κ2) is 12.0. The molecule has 0 spiro atoms. The first-order chi connectivity index (χ1) is 19.9. The third-order valence-corrected chi connectivity index (χ3v) is 7.43. The number of thioether (sulfide) groups is 1. The van der Waals surface area contributed by atoms with Crippen molar-refractivity contribution in [2.75, 3.05) is 29.8 Å². The van der Waals surface area contributed by atoms with Crippen molar-refractivity contribution in [2.24, 2.45) is 0 Å². The molecule has 206 valence electrons. The summed E-state index contributed by atoms with van der Waals surface area (Å²) in [7, 11) is 3.09. The van der Waals surface area contributed by atoms with E-state index in [4.69, 9.17) is 9.47 Å². The lowest BCUT2D eigenvalue weighted by molar-refractivity contribution is -0.120. The molecule has 9 heteroatoms. The number of amides is 3. The molecule has 1 aliphatic heterocycles. The summed E-state index contributed by atoms with van der Waals surface area (Å²) in [4.78, 5) is 42.1. The molecule has 1 aliphatic rings. The van der Waals surface area contributed by atoms with Gasteiger partial charge in [-0.15, -0.1) is 0 Å². The summed E-state index contributed by atoms with van der Waals surface area (Å²) in [5.74, 6) is -0.0430. The van der Waals surface area contributed by atoms with Crippen molar-refractivity contribution in [2.45, 2.75) is 11.8 Å². The van der Waals surface area contributed by atoms with E-state index in [1.54, 1.807) is 93.1 Å². The molecule has 0 radical (unpaired) electrons. The first kappa shape index (κ1) is 27.5. The molecule has 0 aromatic heterocycles. The molecule has 0 unspecified atom stereocenters. The second-order valence-corrected chi connectivity index (χ2v) is 10.2. The van der Waals surface area contributed by atoms with Gasteiger partial charge in [0.25, 0.3) is 17.7 Å². The number of benzene rings is 4. The quantitative estimate of drug-likeness (QED) is 0.232. The van der Waals surface area contributed by atoms with Gasteiger partial charge in [-0.25, -0.2) is 4.90 Å². The highest BCUT2D eigenvalue weighted by molar-refractivity contribution is 8.04. The van der Waals surface area contributed by atoms with Gasteiger partial charge in [0.2, 0.25) is 0 Å². The molecular formula is C32H27N3O5S. The molecular weight excluding hydrogens is 538 g/mol. The van der Waals surface area contributed by atoms with Crippen LogP contribution in [-0.4, -0.2) is 31.9 Å². The van der Waals surface area contributed by atoms with Crippen LogP contribution < -0.4 is 25.0 Å². The fourth-order valence-electron chi connectivity index (χ4n) is 4.27. The van der Waals surface area contributed by atoms with Crippen LogP contribution in [-0.2, 0) is 9.59 Å². The zero-order valence-corrected chi connectivity index (χ0v) is 23.5. The fourth-order valence-corrected chi connectivity index (χ4v) is 5.20. The van der Waals surface area contributed by atoms with Gasteiger partial charge in [-0.1, -0.05) is 42.1 Å². The van der Waals surface area contributed by atoms with E-state index in [1.807, 2.05) is 25.1 Å². The molecule has 0 aliphatic carbocycles. The number of anilines is 3. The monoisotopic (exact) mass is 565 g/mol. The van der Waals surface area contributed by atoms with Crippen molar-refractivity contribution in [1.29, 1.82) is 0 Å². The summed E-state index contributed by atoms with van der Waals surface area (Å²) in [6.07, 6.45) is 0. The van der Waals surface area contributed by atoms with Crippen LogP contribution in [0.25, 0.3) is 0 Å². The van der Waals surface area contributed by atoms with E-state index in [0.717, 1.165) is 10.5 Å². The van der Waals surface area contributed by atoms with E-state index in [2.05, 4.69) is 10.6 Å². The maximum absolute atomic E-state index is 13.7. The van der Waals surface area contributed by atoms with Gasteiger partial charge in [0.05, 0.1) is 25.6 Å². The number of nitrogens with zero attached hydrogens (tertiary/aromatic N) is 1. The van der Waals surface area contributed by atoms with Crippen LogP contribution in [0, 0.1) is 6.92 Å². The summed E-state index contributed by atoms with van der Waals surface area (Å²) in [5.41, 5.74) is 3.22. The Hall–Kier alpha value is -5.02. The third-order valence-electron chi connectivity index (χ3n) is 6.33. The van der Waals surface area contributed by atoms with E-state index in [9.17, 15) is 14.4 Å². The van der Waals surface area contributed by atoms with Crippen LogP contribution in [0.1, 0.15) is 15.9 Å². The summed E-state index contributed by atoms with van der Waals surface area (Å²) in [5, 5.41) is 6.03. The maximum Gasteiger partial charge on any atom is 0.283 e. The first-order valence-corrected chi connectivity index (χ1v) is 13.5. The Morgan fingerprint density at radius 1 is 0.805 bits per heavy atom. The zero-order chi connectivity index (χ0) is 28.9. The average molecular weight is 566 g/mol. The van der Waals surface area contributed by atoms with Crippen molar-refractivity contribution >= 4 is 46.5 Å². The molecule has 41 heavy (non-hydrogen) atoms. The second-order valence-electron chi connectivity index (χ2n) is 9.13. The summed E-state index contributed by atoms with van der Waals surface area (Å²) < 4.78 is 10.7. The van der Waals surface area contributed by atoms with Gasteiger partial charge in [-0.3, -0.25) is 14.4 Å². The standard InChI is InChI=1S/C32H27N3O5S/c1-20-12-17-27(40-3)26(18-20)34-28-29(32(38)35(31(28)37)23-9-5-4-6-10-23)41-25-15-13-22(14-16-25)33-30(36)21-8-7-11-24(19-21)39-2/h4-19,34H,1-3H3,(H,33,36). The molecule has 3 amide bonds. The first-order valence-electron chi connectivity index (χ1n) is 12.7. The molecule has 0 fully saturated rings. The van der Waals surface area contributed by atoms with Crippen molar-refractivity contribution < 1.29 is 23.9 Å². The molecule has 8 nitrogen and oxygen atoms in total. The lowest BCUT2D eigenvalue weighted by atomic mass is 10.2. The topological polar surface area (TPSA) is 97.0 Å². The Morgan fingerprint density at radius 2 is 1.56 bits per heavy atom. The number of hydrogen-bond donors (Lipinski definition) is 2. The predicted octanol–water partition coefficient (Wildman–Crippen LogP) is 6.25. The largest absolute Gasteiger partial charge is 0.497 e. The lowest BCUT2D eigenvalue weighted by Gasteiger charge is -2.16. The molecule has 0 atom stereocenters. The molecule has 0 saturated carbocycles. The van der Waals surface area contributed by atoms with Gasteiger partial charge in [-0.2, -0.15) is 0 Å². The number of rotatable bonds is 9. The predicted molar refractivity (Wildman–Crippen MR) is 161 cm³/mol. The van der Waals surface area contributed by atoms with Crippen molar-refractivity contribution in [3.05, 3.63) is 119 Å². The normalized spacial score (nSPS) is 12.9. The molecule has 5 rings (SSSR count). The third kappa shape index (κ3) is 5.95. The fraction of sp³-hybridized carbons (Fsp3) is 0.0938. The minimum absolute atomic E-state index is 0.156. The van der Waals surface area contributed by atoms with E-state index >= 15 is 0 Å². The number of carbonyl (C=O) groups excluding carboxylic acids is 3. The van der Waals surface area contributed by atoms with E-state index < -0.39 is 11.8 Å². The molecule has 2 N–H and O–H groups in total. The van der Waals surface area contributed by atoms with Gasteiger partial charge < -0.3 is 20.1 Å². The van der Waals surface area contributed by atoms with Crippen LogP contribution in [0.15, 0.2) is 113 Å². The highest BCUT2D eigenvalue weighted by Gasteiger charge is 2.40. The van der Waals surface area contributed by atoms with E-state index in [0.29, 0.717) is 39.0 Å². The Balaban J connectivity index is 1.42. The highest BCUT2D eigenvalue weighted by atomic mass is 32.2. The molecule has 1 heterocycles. The smallest absolute Gasteiger partial charge is 0.283 e. The zero-order valence-electron chi connectivity index (χ0n) is 22.6. The molecule has 4 aromatic carbocycles. The van der Waals surface area contributed by atoms with Crippen LogP contribution >= 0.6 is 11.8 Å². The van der Waals surface area contributed by atoms with Crippen molar-refractivity contribution in [3.63, 3.8) is 0 Å². The number of carbonyl (C=O) groups is 3. The molecule has 0 bridgehead atoms. The summed E-state index contributed by atoms with van der Waals surface area (Å²) in [6, 6.07) is 28.3. The number of hydrogen-bond acceptors (Lipinski definition) is 7. The maximum atomic E-state index is 13.7. The number of para-hydroxylation sites is 1. The van der Waals surface area contributed by atoms with Crippen LogP contribution in [0.3, 0.4) is 0 Å². The molecule has 0 saturated heterocycles. The summed E-state index contributed by atoms with van der Waals surface area (Å²) in [6.45, 7) is 1.93. The van der Waals surface area contributed by atoms with Crippen LogP contribution in [0.5, 0.6) is 11.5 Å². The SMILES string of the molecule is COc1cccc(C(=O)Nc2ccc(SC3=C(Nc4cc(C)ccc4OC)C(=O)N(c4ccccc4)C3=O)cc2)c1. The van der Waals surface area contributed by atoms with Gasteiger partial charge >= 0.3 is 0 Å². The highest BCUT2D eigenvalue weighted by Crippen LogP contribution is 2.39. The number of methoxy groups -OCH3 is 2. The Kier molecular flexibility index (Phi) is 8.07. The molecule has 4 aromatic rings. The number of nitrogens with one attached hydrogen (secondary N) is 2. The Labute approximate surface area is 242 Å². The van der Waals surface area contributed by atoms with Crippen LogP contribution in [0.2, 0.25) is 0 Å². The number of imide groups is 1. The van der Waals surface area contributed by atoms with Gasteiger partial charge in [-0.05, 0) is 79.2 Å². The van der Waals surface area contributed by atoms with E-state index in [-0.39, 0.29) is 16.5 Å². The Bertz CT molecular complexity index is 1650. The lowest BCUT2D eigenvalue weighted by Crippen LogP contribution is -2.32. The van der Waals surface area contributed by atoms with E-state index in [1.165, 1.54) is 11.8 Å². The minimum atomic E-state index is -0.463. The van der Waals surface area contributed by atoms with Crippen molar-refractivity contribution in [3.8, 4) is 11.5 Å². The van der Waals surface area contributed by atoms with Gasteiger partial charge in [0, 0.05) is 16.1 Å². The Morgan fingerprint density at radius 3 is 2.27 bits per heavy atom. The summed E-state index contributed by atoms with van der Waals surface area (Å²) >= 11 is 1.17. The van der Waals surface area contributed by atoms with Crippen LogP contribution in [0.4, 0.5) is 17.1 Å². The minimum Gasteiger partial charge on any atom is -0.497 e. The van der Waals surface area contributed by atoms with Gasteiger partial charge in [0.1, 0.15) is 22.1 Å². The number of aryl methyl sites for hydroxylation is 1. The van der Waals surface area contributed by atoms with Gasteiger partial charge in [0.15, 0.2) is 0 Å². The number of ether oxygens (including phenoxy) is 2.